The second-order valence-electron chi connectivity index (χ2n) is 3.71. The van der Waals surface area contributed by atoms with Crippen molar-refractivity contribution in [2.75, 3.05) is 13.7 Å². The molecule has 1 aromatic rings. The summed E-state index contributed by atoms with van der Waals surface area (Å²) in [5.41, 5.74) is -0.489. The van der Waals surface area contributed by atoms with Crippen LogP contribution in [0.4, 0.5) is 13.2 Å². The van der Waals surface area contributed by atoms with Gasteiger partial charge in [0.05, 0.1) is 12.7 Å². The van der Waals surface area contributed by atoms with Crippen molar-refractivity contribution in [3.63, 3.8) is 0 Å². The number of carbonyl (C=O) groups is 1. The third kappa shape index (κ3) is 2.02. The van der Waals surface area contributed by atoms with Crippen molar-refractivity contribution >= 4 is 5.97 Å². The summed E-state index contributed by atoms with van der Waals surface area (Å²) >= 11 is 0. The van der Waals surface area contributed by atoms with Gasteiger partial charge in [-0.05, 0) is 6.07 Å². The summed E-state index contributed by atoms with van der Waals surface area (Å²) in [7, 11) is 1.15. The molecule has 4 nitrogen and oxygen atoms in total. The van der Waals surface area contributed by atoms with Gasteiger partial charge in [-0.3, -0.25) is 0 Å². The highest BCUT2D eigenvalue weighted by Gasteiger charge is 2.38. The first kappa shape index (κ1) is 12.0. The molecule has 1 N–H and O–H groups in total. The normalized spacial score (nSPS) is 15.5. The molecule has 0 saturated carbocycles. The molecule has 2 heterocycles. The van der Waals surface area contributed by atoms with E-state index in [1.165, 1.54) is 0 Å². The van der Waals surface area contributed by atoms with Gasteiger partial charge in [-0.2, -0.15) is 13.2 Å². The van der Waals surface area contributed by atoms with Gasteiger partial charge in [0.15, 0.2) is 0 Å². The van der Waals surface area contributed by atoms with Crippen molar-refractivity contribution in [2.45, 2.75) is 19.3 Å². The molecular formula is C10H11F3N2O2. The van der Waals surface area contributed by atoms with Crippen LogP contribution < -0.4 is 5.32 Å². The quantitative estimate of drug-likeness (QED) is 0.764. The van der Waals surface area contributed by atoms with Gasteiger partial charge in [0.25, 0.3) is 0 Å². The molecule has 1 aromatic heterocycles. The summed E-state index contributed by atoms with van der Waals surface area (Å²) in [6.07, 6.45) is -4.46. The molecule has 7 heteroatoms. The van der Waals surface area contributed by atoms with Crippen LogP contribution >= 0.6 is 0 Å². The molecule has 0 aliphatic carbocycles. The van der Waals surface area contributed by atoms with E-state index in [9.17, 15) is 18.0 Å². The molecule has 0 atom stereocenters. The van der Waals surface area contributed by atoms with Gasteiger partial charge in [-0.1, -0.05) is 0 Å². The summed E-state index contributed by atoms with van der Waals surface area (Å²) in [4.78, 5) is 11.4. The summed E-state index contributed by atoms with van der Waals surface area (Å²) in [6, 6.07) is 0.855. The standard InChI is InChI=1S/C10H11F3N2O2/c1-17-9(16)6-4-8(10(11,12)13)15-3-2-14-5-7(6)15/h4,14H,2-3,5H2,1H3. The van der Waals surface area contributed by atoms with Crippen LogP contribution in [0.5, 0.6) is 0 Å². The lowest BCUT2D eigenvalue weighted by atomic mass is 10.2. The van der Waals surface area contributed by atoms with E-state index in [4.69, 9.17) is 0 Å². The van der Waals surface area contributed by atoms with Gasteiger partial charge >= 0.3 is 12.1 Å². The van der Waals surface area contributed by atoms with Crippen LogP contribution in [0.2, 0.25) is 0 Å². The SMILES string of the molecule is COC(=O)c1cc(C(F)(F)F)n2c1CNCC2. The first-order valence-electron chi connectivity index (χ1n) is 5.03. The summed E-state index contributed by atoms with van der Waals surface area (Å²) in [5.74, 6) is -0.743. The minimum absolute atomic E-state index is 0.0213. The lowest BCUT2D eigenvalue weighted by molar-refractivity contribution is -0.143. The highest BCUT2D eigenvalue weighted by molar-refractivity contribution is 5.91. The van der Waals surface area contributed by atoms with Crippen LogP contribution in [0.1, 0.15) is 21.7 Å². The van der Waals surface area contributed by atoms with Crippen LogP contribution in [0, 0.1) is 0 Å². The van der Waals surface area contributed by atoms with E-state index in [-0.39, 0.29) is 18.7 Å². The number of hydrogen-bond acceptors (Lipinski definition) is 3. The fourth-order valence-corrected chi connectivity index (χ4v) is 1.95. The molecule has 0 aromatic carbocycles. The summed E-state index contributed by atoms with van der Waals surface area (Å²) in [6.45, 7) is 0.882. The molecule has 2 rings (SSSR count). The zero-order valence-corrected chi connectivity index (χ0v) is 9.10. The molecule has 0 amide bonds. The third-order valence-corrected chi connectivity index (χ3v) is 2.71. The molecule has 0 unspecified atom stereocenters. The molecule has 0 spiro atoms. The molecular weight excluding hydrogens is 237 g/mol. The first-order valence-corrected chi connectivity index (χ1v) is 5.03. The second-order valence-corrected chi connectivity index (χ2v) is 3.71. The number of esters is 1. The maximum Gasteiger partial charge on any atom is 0.431 e. The number of hydrogen-bond donors (Lipinski definition) is 1. The van der Waals surface area contributed by atoms with E-state index in [0.717, 1.165) is 17.7 Å². The Bertz CT molecular complexity index is 451. The molecule has 94 valence electrons. The van der Waals surface area contributed by atoms with Crippen molar-refractivity contribution in [2.24, 2.45) is 0 Å². The molecule has 1 aliphatic rings. The molecule has 17 heavy (non-hydrogen) atoms. The number of rotatable bonds is 1. The number of carbonyl (C=O) groups excluding carboxylic acids is 1. The van der Waals surface area contributed by atoms with Crippen LogP contribution in [-0.4, -0.2) is 24.2 Å². The smallest absolute Gasteiger partial charge is 0.431 e. The van der Waals surface area contributed by atoms with Crippen LogP contribution in [0.15, 0.2) is 6.07 Å². The van der Waals surface area contributed by atoms with Gasteiger partial charge in [-0.15, -0.1) is 0 Å². The largest absolute Gasteiger partial charge is 0.465 e. The number of aromatic nitrogens is 1. The number of methoxy groups -OCH3 is 1. The fraction of sp³-hybridized carbons (Fsp3) is 0.500. The Morgan fingerprint density at radius 3 is 2.82 bits per heavy atom. The molecule has 0 radical (unpaired) electrons. The Morgan fingerprint density at radius 1 is 1.53 bits per heavy atom. The first-order chi connectivity index (χ1) is 7.95. The molecule has 1 aliphatic heterocycles. The van der Waals surface area contributed by atoms with Gasteiger partial charge in [-0.25, -0.2) is 4.79 Å². The van der Waals surface area contributed by atoms with E-state index in [0.29, 0.717) is 12.2 Å². The zero-order chi connectivity index (χ0) is 12.6. The predicted molar refractivity (Wildman–Crippen MR) is 52.5 cm³/mol. The molecule has 0 saturated heterocycles. The van der Waals surface area contributed by atoms with E-state index in [1.54, 1.807) is 0 Å². The predicted octanol–water partition coefficient (Wildman–Crippen LogP) is 1.40. The zero-order valence-electron chi connectivity index (χ0n) is 9.10. The van der Waals surface area contributed by atoms with E-state index in [2.05, 4.69) is 10.1 Å². The Kier molecular flexibility index (Phi) is 2.86. The average molecular weight is 248 g/mol. The van der Waals surface area contributed by atoms with Crippen LogP contribution in [0.25, 0.3) is 0 Å². The summed E-state index contributed by atoms with van der Waals surface area (Å²) < 4.78 is 43.9. The van der Waals surface area contributed by atoms with Crippen molar-refractivity contribution < 1.29 is 22.7 Å². The van der Waals surface area contributed by atoms with Crippen molar-refractivity contribution in [3.8, 4) is 0 Å². The minimum Gasteiger partial charge on any atom is -0.465 e. The fourth-order valence-electron chi connectivity index (χ4n) is 1.95. The maximum atomic E-state index is 12.8. The lowest BCUT2D eigenvalue weighted by Crippen LogP contribution is -2.31. The number of nitrogens with zero attached hydrogens (tertiary/aromatic N) is 1. The number of nitrogens with one attached hydrogen (secondary N) is 1. The Labute approximate surface area is 95.4 Å². The third-order valence-electron chi connectivity index (χ3n) is 2.71. The van der Waals surface area contributed by atoms with Crippen molar-refractivity contribution in [1.82, 2.24) is 9.88 Å². The van der Waals surface area contributed by atoms with E-state index < -0.39 is 17.8 Å². The van der Waals surface area contributed by atoms with Gasteiger partial charge in [0.2, 0.25) is 0 Å². The highest BCUT2D eigenvalue weighted by atomic mass is 19.4. The van der Waals surface area contributed by atoms with Crippen LogP contribution in [-0.2, 0) is 24.0 Å². The van der Waals surface area contributed by atoms with Crippen molar-refractivity contribution in [1.29, 1.82) is 0 Å². The van der Waals surface area contributed by atoms with Gasteiger partial charge in [0, 0.05) is 25.3 Å². The molecule has 0 fully saturated rings. The Hall–Kier alpha value is -1.50. The molecule has 0 bridgehead atoms. The maximum absolute atomic E-state index is 12.8. The van der Waals surface area contributed by atoms with Gasteiger partial charge < -0.3 is 14.6 Å². The highest BCUT2D eigenvalue weighted by Crippen LogP contribution is 2.33. The average Bonchev–Trinajstić information content (AvgIpc) is 2.67. The van der Waals surface area contributed by atoms with E-state index in [1.807, 2.05) is 0 Å². The van der Waals surface area contributed by atoms with Crippen molar-refractivity contribution in [3.05, 3.63) is 23.0 Å². The second kappa shape index (κ2) is 4.06. The Balaban J connectivity index is 2.55. The monoisotopic (exact) mass is 248 g/mol. The topological polar surface area (TPSA) is 43.3 Å². The number of ether oxygens (including phenoxy) is 1. The number of fused-ring (bicyclic) bond motifs is 1. The van der Waals surface area contributed by atoms with Gasteiger partial charge in [0.1, 0.15) is 5.69 Å². The minimum atomic E-state index is -4.46. The number of halogens is 3. The van der Waals surface area contributed by atoms with Crippen LogP contribution in [0.3, 0.4) is 0 Å². The Morgan fingerprint density at radius 2 is 2.24 bits per heavy atom. The summed E-state index contributed by atoms with van der Waals surface area (Å²) in [5, 5.41) is 2.93. The number of alkyl halides is 3. The lowest BCUT2D eigenvalue weighted by Gasteiger charge is -2.20. The van der Waals surface area contributed by atoms with E-state index >= 15 is 0 Å².